The van der Waals surface area contributed by atoms with Crippen LogP contribution in [0.3, 0.4) is 0 Å². The number of ether oxygens (including phenoxy) is 4. The number of phenols is 2. The third kappa shape index (κ3) is 14.7. The predicted octanol–water partition coefficient (Wildman–Crippen LogP) is 9.15. The number of hydrogen-bond acceptors (Lipinski definition) is 12. The summed E-state index contributed by atoms with van der Waals surface area (Å²) in [4.78, 5) is 36.3. The minimum atomic E-state index is -0.476. The molecule has 66 heavy (non-hydrogen) atoms. The molecule has 4 aromatic heterocycles. The monoisotopic (exact) mass is 969 g/mol. The number of carbonyl (C=O) groups excluding carboxylic acids is 2. The number of imidazole rings is 2. The van der Waals surface area contributed by atoms with Gasteiger partial charge >= 0.3 is 19.9 Å². The second-order valence-electron chi connectivity index (χ2n) is 18.2. The predicted molar refractivity (Wildman–Crippen MR) is 254 cm³/mol. The highest BCUT2D eigenvalue weighted by atomic mass is 79.9. The van der Waals surface area contributed by atoms with Crippen molar-refractivity contribution in [2.75, 3.05) is 39.4 Å². The van der Waals surface area contributed by atoms with Gasteiger partial charge in [0.25, 0.3) is 0 Å². The SMILES string of the molecule is CC(C)(C)OC(=O)N1CCC(COc2cc(-c3ccc(O)cc3)cn3cncc23)CC1.CC(C)(C)OC(=O)N1CCC(COc2cc(Br)cn3cncc23)CC1.O[B]Oc1ccc(O)cc1. The van der Waals surface area contributed by atoms with E-state index in [1.807, 2.05) is 87.0 Å². The molecule has 0 saturated carbocycles. The van der Waals surface area contributed by atoms with E-state index in [1.54, 1.807) is 59.1 Å². The van der Waals surface area contributed by atoms with Gasteiger partial charge in [0.05, 0.1) is 38.3 Å². The molecule has 0 spiro atoms. The first-order valence-electron chi connectivity index (χ1n) is 21.9. The third-order valence-corrected chi connectivity index (χ3v) is 11.1. The zero-order valence-corrected chi connectivity index (χ0v) is 39.9. The van der Waals surface area contributed by atoms with Gasteiger partial charge in [-0.25, -0.2) is 19.6 Å². The second-order valence-corrected chi connectivity index (χ2v) is 19.1. The number of piperidine rings is 2. The number of pyridine rings is 2. The molecule has 2 aromatic carbocycles. The van der Waals surface area contributed by atoms with Gasteiger partial charge in [0.15, 0.2) is 0 Å². The molecule has 2 amide bonds. The van der Waals surface area contributed by atoms with Crippen LogP contribution in [-0.4, -0.2) is 114 Å². The number of halogens is 1. The molecule has 2 aliphatic rings. The molecule has 3 N–H and O–H groups in total. The first kappa shape index (κ1) is 49.3. The van der Waals surface area contributed by atoms with Gasteiger partial charge in [0.2, 0.25) is 0 Å². The normalized spacial score (nSPS) is 14.7. The Morgan fingerprint density at radius 2 is 1.11 bits per heavy atom. The van der Waals surface area contributed by atoms with Crippen molar-refractivity contribution in [2.24, 2.45) is 11.8 Å². The van der Waals surface area contributed by atoms with Crippen LogP contribution >= 0.6 is 15.9 Å². The van der Waals surface area contributed by atoms with E-state index in [0.29, 0.717) is 64.7 Å². The minimum absolute atomic E-state index is 0.172. The number of benzene rings is 2. The van der Waals surface area contributed by atoms with Crippen molar-refractivity contribution >= 4 is 46.8 Å². The number of carbonyl (C=O) groups is 2. The van der Waals surface area contributed by atoms with E-state index in [1.165, 1.54) is 12.1 Å². The number of aromatic hydroxyl groups is 2. The summed E-state index contributed by atoms with van der Waals surface area (Å²) in [6.45, 7) is 15.3. The highest BCUT2D eigenvalue weighted by Gasteiger charge is 2.29. The maximum atomic E-state index is 12.3. The van der Waals surface area contributed by atoms with Crippen LogP contribution in [0.5, 0.6) is 28.7 Å². The van der Waals surface area contributed by atoms with Crippen molar-refractivity contribution < 1.29 is 48.4 Å². The molecule has 2 fully saturated rings. The van der Waals surface area contributed by atoms with E-state index in [0.717, 1.165) is 63.8 Å². The Morgan fingerprint density at radius 3 is 1.56 bits per heavy atom. The molecule has 0 aliphatic carbocycles. The fraction of sp³-hybridized carbons (Fsp3) is 0.417. The molecule has 0 atom stereocenters. The Morgan fingerprint density at radius 1 is 0.667 bits per heavy atom. The highest BCUT2D eigenvalue weighted by molar-refractivity contribution is 9.10. The van der Waals surface area contributed by atoms with Gasteiger partial charge in [0.1, 0.15) is 51.0 Å². The number of likely N-dealkylation sites (tertiary alicyclic amines) is 2. The Hall–Kier alpha value is -6.14. The van der Waals surface area contributed by atoms with Crippen LogP contribution in [0.2, 0.25) is 0 Å². The molecule has 18 heteroatoms. The molecule has 1 radical (unpaired) electrons. The van der Waals surface area contributed by atoms with Crippen molar-refractivity contribution in [3.8, 4) is 39.9 Å². The van der Waals surface area contributed by atoms with E-state index in [2.05, 4.69) is 30.6 Å². The van der Waals surface area contributed by atoms with Crippen LogP contribution in [0, 0.1) is 11.8 Å². The first-order valence-corrected chi connectivity index (χ1v) is 22.7. The number of phenolic OH excluding ortho intramolecular Hbond substituents is 2. The van der Waals surface area contributed by atoms with Gasteiger partial charge in [-0.3, -0.25) is 0 Å². The Balaban J connectivity index is 0.000000183. The zero-order chi connectivity index (χ0) is 47.4. The lowest BCUT2D eigenvalue weighted by Gasteiger charge is -2.33. The fourth-order valence-electron chi connectivity index (χ4n) is 7.23. The summed E-state index contributed by atoms with van der Waals surface area (Å²) < 4.78 is 32.6. The Labute approximate surface area is 394 Å². The van der Waals surface area contributed by atoms with Crippen molar-refractivity contribution in [3.63, 3.8) is 0 Å². The average Bonchev–Trinajstić information content (AvgIpc) is 3.96. The minimum Gasteiger partial charge on any atom is -0.537 e. The lowest BCUT2D eigenvalue weighted by atomic mass is 9.98. The summed E-state index contributed by atoms with van der Waals surface area (Å²) in [7, 11) is 0.590. The molecule has 2 aliphatic heterocycles. The maximum Gasteiger partial charge on any atom is 0.569 e. The van der Waals surface area contributed by atoms with Gasteiger partial charge in [-0.05, 0) is 149 Å². The zero-order valence-electron chi connectivity index (χ0n) is 38.3. The largest absolute Gasteiger partial charge is 0.569 e. The Bertz CT molecular complexity index is 2490. The molecule has 351 valence electrons. The molecule has 6 aromatic rings. The number of amides is 2. The molecule has 0 bridgehead atoms. The number of rotatable bonds is 9. The van der Waals surface area contributed by atoms with Crippen LogP contribution in [0.25, 0.3) is 22.2 Å². The quantitative estimate of drug-likeness (QED) is 0.117. The van der Waals surface area contributed by atoms with E-state index >= 15 is 0 Å². The van der Waals surface area contributed by atoms with Crippen LogP contribution in [0.15, 0.2) is 103 Å². The number of fused-ring (bicyclic) bond motifs is 2. The van der Waals surface area contributed by atoms with Gasteiger partial charge in [-0.15, -0.1) is 0 Å². The number of nitrogens with zero attached hydrogens (tertiary/aromatic N) is 6. The van der Waals surface area contributed by atoms with E-state index in [4.69, 9.17) is 29.1 Å². The van der Waals surface area contributed by atoms with Gasteiger partial charge in [0, 0.05) is 48.6 Å². The van der Waals surface area contributed by atoms with E-state index < -0.39 is 11.2 Å². The molecule has 2 saturated heterocycles. The maximum absolute atomic E-state index is 12.3. The molecule has 0 unspecified atom stereocenters. The van der Waals surface area contributed by atoms with Crippen LogP contribution in [-0.2, 0) is 9.47 Å². The standard InChI is InChI=1S/C24H29N3O4.C18H24BrN3O3.C6H6BO3/c1-24(2,3)31-23(29)26-10-8-17(9-11-26)15-30-22-12-19(14-27-16-25-13-21(22)27)18-4-6-20(28)7-5-18;1-18(2,3)25-17(23)21-6-4-13(5-7-21)11-24-16-8-14(19)10-22-12-20-9-15(16)22;8-5-1-3-6(4-2-5)10-7-9/h4-7,12-14,16-17,28H,8-11,15H2,1-3H3;8-10,12-13H,4-7,11H2,1-3H3;1-4,8-9H. The van der Waals surface area contributed by atoms with Crippen molar-refractivity contribution in [3.05, 3.63) is 103 Å². The highest BCUT2D eigenvalue weighted by Crippen LogP contribution is 2.31. The summed E-state index contributed by atoms with van der Waals surface area (Å²) in [5.41, 5.74) is 2.91. The summed E-state index contributed by atoms with van der Waals surface area (Å²) in [5, 5.41) is 26.5. The van der Waals surface area contributed by atoms with Gasteiger partial charge in [-0.1, -0.05) is 12.1 Å². The lowest BCUT2D eigenvalue weighted by Crippen LogP contribution is -2.42. The molecule has 8 rings (SSSR count). The van der Waals surface area contributed by atoms with Crippen molar-refractivity contribution in [2.45, 2.75) is 78.4 Å². The lowest BCUT2D eigenvalue weighted by molar-refractivity contribution is 0.0155. The summed E-state index contributed by atoms with van der Waals surface area (Å²) in [5.74, 6) is 3.30. The fourth-order valence-corrected chi connectivity index (χ4v) is 7.66. The van der Waals surface area contributed by atoms with Crippen molar-refractivity contribution in [1.29, 1.82) is 0 Å². The van der Waals surface area contributed by atoms with Gasteiger partial charge < -0.3 is 57.4 Å². The first-order chi connectivity index (χ1) is 31.4. The summed E-state index contributed by atoms with van der Waals surface area (Å²) >= 11 is 3.49. The number of hydrogen-bond donors (Lipinski definition) is 3. The van der Waals surface area contributed by atoms with Crippen LogP contribution in [0.1, 0.15) is 67.2 Å². The van der Waals surface area contributed by atoms with Crippen molar-refractivity contribution in [1.82, 2.24) is 28.6 Å². The third-order valence-electron chi connectivity index (χ3n) is 10.6. The average molecular weight is 971 g/mol. The molecule has 16 nitrogen and oxygen atoms in total. The Kier molecular flexibility index (Phi) is 16.7. The van der Waals surface area contributed by atoms with E-state index in [9.17, 15) is 14.7 Å². The molecular formula is C48H59BBrN6O10. The van der Waals surface area contributed by atoms with Crippen LogP contribution < -0.4 is 14.1 Å². The van der Waals surface area contributed by atoms with Crippen LogP contribution in [0.4, 0.5) is 9.59 Å². The second kappa shape index (κ2) is 22.4. The topological polar surface area (TPSA) is 182 Å². The smallest absolute Gasteiger partial charge is 0.537 e. The van der Waals surface area contributed by atoms with E-state index in [-0.39, 0.29) is 23.7 Å². The number of aromatic nitrogens is 4. The summed E-state index contributed by atoms with van der Waals surface area (Å²) in [6.07, 6.45) is 14.2. The summed E-state index contributed by atoms with van der Waals surface area (Å²) in [6, 6.07) is 17.1. The molecule has 6 heterocycles. The molecular weight excluding hydrogens is 911 g/mol. The van der Waals surface area contributed by atoms with Gasteiger partial charge in [-0.2, -0.15) is 0 Å².